The Balaban J connectivity index is 1.67. The summed E-state index contributed by atoms with van der Waals surface area (Å²) in [5.41, 5.74) is 2.46. The van der Waals surface area contributed by atoms with Gasteiger partial charge in [-0.25, -0.2) is 4.98 Å². The lowest BCUT2D eigenvalue weighted by Crippen LogP contribution is -2.39. The Morgan fingerprint density at radius 3 is 2.54 bits per heavy atom. The first-order valence-electron chi connectivity index (χ1n) is 8.60. The van der Waals surface area contributed by atoms with Crippen LogP contribution in [-0.2, 0) is 0 Å². The van der Waals surface area contributed by atoms with Crippen LogP contribution < -0.4 is 10.2 Å². The molecule has 1 aliphatic heterocycles. The number of aromatic nitrogens is 1. The monoisotopic (exact) mass is 323 g/mol. The molecule has 1 saturated heterocycles. The molecule has 0 saturated carbocycles. The van der Waals surface area contributed by atoms with Gasteiger partial charge in [0.15, 0.2) is 0 Å². The molecule has 0 bridgehead atoms. The van der Waals surface area contributed by atoms with Gasteiger partial charge in [-0.2, -0.15) is 0 Å². The summed E-state index contributed by atoms with van der Waals surface area (Å²) in [5.74, 6) is 2.27. The number of rotatable bonds is 3. The molecule has 4 nitrogen and oxygen atoms in total. The molecule has 2 aromatic rings. The molecule has 1 fully saturated rings. The highest BCUT2D eigenvalue weighted by molar-refractivity contribution is 6.04. The fourth-order valence-electron chi connectivity index (χ4n) is 3.49. The zero-order chi connectivity index (χ0) is 17.1. The number of nitrogens with one attached hydrogen (secondary N) is 1. The van der Waals surface area contributed by atoms with Crippen LogP contribution in [0.3, 0.4) is 0 Å². The minimum absolute atomic E-state index is 0.103. The highest BCUT2D eigenvalue weighted by Crippen LogP contribution is 2.25. The quantitative estimate of drug-likeness (QED) is 0.924. The third kappa shape index (κ3) is 3.94. The number of aryl methyl sites for hydroxylation is 1. The molecule has 1 N–H and O–H groups in total. The predicted octanol–water partition coefficient (Wildman–Crippen LogP) is 4.12. The second-order valence-electron chi connectivity index (χ2n) is 7.08. The summed E-state index contributed by atoms with van der Waals surface area (Å²) in [5, 5.41) is 2.91. The summed E-state index contributed by atoms with van der Waals surface area (Å²) < 4.78 is 0. The van der Waals surface area contributed by atoms with Crippen molar-refractivity contribution in [3.8, 4) is 0 Å². The lowest BCUT2D eigenvalue weighted by atomic mass is 9.92. The number of piperidine rings is 1. The number of benzene rings is 1. The molecule has 0 aliphatic carbocycles. The van der Waals surface area contributed by atoms with E-state index in [1.807, 2.05) is 43.3 Å². The van der Waals surface area contributed by atoms with Crippen molar-refractivity contribution in [3.63, 3.8) is 0 Å². The minimum atomic E-state index is -0.103. The predicted molar refractivity (Wildman–Crippen MR) is 98.5 cm³/mol. The molecular formula is C20H25N3O. The topological polar surface area (TPSA) is 45.2 Å². The smallest absolute Gasteiger partial charge is 0.255 e. The largest absolute Gasteiger partial charge is 0.356 e. The van der Waals surface area contributed by atoms with Crippen molar-refractivity contribution >= 4 is 17.4 Å². The number of hydrogen-bond acceptors (Lipinski definition) is 3. The van der Waals surface area contributed by atoms with Crippen molar-refractivity contribution in [2.75, 3.05) is 23.3 Å². The Hall–Kier alpha value is -2.36. The molecule has 126 valence electrons. The third-order valence-electron chi connectivity index (χ3n) is 4.48. The first-order valence-corrected chi connectivity index (χ1v) is 8.60. The van der Waals surface area contributed by atoms with Crippen molar-refractivity contribution in [2.24, 2.45) is 11.8 Å². The molecule has 24 heavy (non-hydrogen) atoms. The Kier molecular flexibility index (Phi) is 4.84. The van der Waals surface area contributed by atoms with Gasteiger partial charge in [0.2, 0.25) is 0 Å². The van der Waals surface area contributed by atoms with Crippen LogP contribution in [-0.4, -0.2) is 24.0 Å². The van der Waals surface area contributed by atoms with E-state index in [0.717, 1.165) is 30.2 Å². The van der Waals surface area contributed by atoms with E-state index in [2.05, 4.69) is 29.0 Å². The summed E-state index contributed by atoms with van der Waals surface area (Å²) in [4.78, 5) is 19.2. The maximum absolute atomic E-state index is 12.3. The summed E-state index contributed by atoms with van der Waals surface area (Å²) in [6.45, 7) is 8.66. The zero-order valence-electron chi connectivity index (χ0n) is 14.6. The Morgan fingerprint density at radius 1 is 1.17 bits per heavy atom. The molecule has 1 aromatic carbocycles. The van der Waals surface area contributed by atoms with E-state index in [9.17, 15) is 4.79 Å². The summed E-state index contributed by atoms with van der Waals surface area (Å²) >= 11 is 0. The molecule has 1 amide bonds. The molecule has 2 heterocycles. The molecule has 2 unspecified atom stereocenters. The van der Waals surface area contributed by atoms with Gasteiger partial charge in [-0.05, 0) is 49.4 Å². The van der Waals surface area contributed by atoms with Crippen molar-refractivity contribution in [2.45, 2.75) is 27.2 Å². The molecule has 1 aromatic heterocycles. The second kappa shape index (κ2) is 7.04. The van der Waals surface area contributed by atoms with Crippen LogP contribution in [0.2, 0.25) is 0 Å². The van der Waals surface area contributed by atoms with Gasteiger partial charge in [0, 0.05) is 18.7 Å². The van der Waals surface area contributed by atoms with Crippen molar-refractivity contribution in [1.82, 2.24) is 4.98 Å². The van der Waals surface area contributed by atoms with Gasteiger partial charge < -0.3 is 10.2 Å². The maximum Gasteiger partial charge on any atom is 0.255 e. The summed E-state index contributed by atoms with van der Waals surface area (Å²) in [6, 6.07) is 11.5. The highest BCUT2D eigenvalue weighted by Gasteiger charge is 2.22. The molecule has 2 atom stereocenters. The number of carbonyl (C=O) groups is 1. The van der Waals surface area contributed by atoms with E-state index >= 15 is 0 Å². The van der Waals surface area contributed by atoms with Gasteiger partial charge >= 0.3 is 0 Å². The van der Waals surface area contributed by atoms with E-state index in [4.69, 9.17) is 0 Å². The molecule has 0 spiro atoms. The lowest BCUT2D eigenvalue weighted by molar-refractivity contribution is 0.102. The van der Waals surface area contributed by atoms with Gasteiger partial charge in [0.1, 0.15) is 5.82 Å². The highest BCUT2D eigenvalue weighted by atomic mass is 16.1. The average Bonchev–Trinajstić information content (AvgIpc) is 2.54. The van der Waals surface area contributed by atoms with Crippen molar-refractivity contribution < 1.29 is 4.79 Å². The third-order valence-corrected chi connectivity index (χ3v) is 4.48. The Bertz CT molecular complexity index is 701. The number of anilines is 2. The fraction of sp³-hybridized carbons (Fsp3) is 0.400. The van der Waals surface area contributed by atoms with Crippen LogP contribution in [0.15, 0.2) is 42.6 Å². The van der Waals surface area contributed by atoms with Crippen LogP contribution in [0.4, 0.5) is 11.5 Å². The Morgan fingerprint density at radius 2 is 1.92 bits per heavy atom. The standard InChI is InChI=1S/C20H25N3O/c1-14-5-4-6-17(10-14)20(24)22-18-7-8-19(21-11-18)23-12-15(2)9-16(3)13-23/h4-8,10-11,15-16H,9,12-13H2,1-3H3,(H,22,24). The van der Waals surface area contributed by atoms with Gasteiger partial charge in [-0.3, -0.25) is 4.79 Å². The molecule has 3 rings (SSSR count). The maximum atomic E-state index is 12.3. The number of hydrogen-bond donors (Lipinski definition) is 1. The van der Waals surface area contributed by atoms with E-state index < -0.39 is 0 Å². The van der Waals surface area contributed by atoms with Crippen molar-refractivity contribution in [1.29, 1.82) is 0 Å². The number of pyridine rings is 1. The van der Waals surface area contributed by atoms with Crippen LogP contribution >= 0.6 is 0 Å². The van der Waals surface area contributed by atoms with Crippen LogP contribution in [0.1, 0.15) is 36.2 Å². The lowest BCUT2D eigenvalue weighted by Gasteiger charge is -2.35. The Labute approximate surface area is 143 Å². The van der Waals surface area contributed by atoms with E-state index in [0.29, 0.717) is 17.4 Å². The van der Waals surface area contributed by atoms with Gasteiger partial charge in [-0.15, -0.1) is 0 Å². The number of nitrogens with zero attached hydrogens (tertiary/aromatic N) is 2. The van der Waals surface area contributed by atoms with Crippen LogP contribution in [0.5, 0.6) is 0 Å². The van der Waals surface area contributed by atoms with Crippen molar-refractivity contribution in [3.05, 3.63) is 53.7 Å². The zero-order valence-corrected chi connectivity index (χ0v) is 14.6. The van der Waals surface area contributed by atoms with Crippen LogP contribution in [0, 0.1) is 18.8 Å². The second-order valence-corrected chi connectivity index (χ2v) is 7.08. The first-order chi connectivity index (χ1) is 11.5. The summed E-state index contributed by atoms with van der Waals surface area (Å²) in [6.07, 6.45) is 3.02. The number of amides is 1. The molecule has 0 radical (unpaired) electrons. The fourth-order valence-corrected chi connectivity index (χ4v) is 3.49. The average molecular weight is 323 g/mol. The SMILES string of the molecule is Cc1cccc(C(=O)Nc2ccc(N3CC(C)CC(C)C3)nc2)c1. The van der Waals surface area contributed by atoms with E-state index in [-0.39, 0.29) is 5.91 Å². The summed E-state index contributed by atoms with van der Waals surface area (Å²) in [7, 11) is 0. The molecule has 4 heteroatoms. The van der Waals surface area contributed by atoms with Gasteiger partial charge in [0.25, 0.3) is 5.91 Å². The number of carbonyl (C=O) groups excluding carboxylic acids is 1. The van der Waals surface area contributed by atoms with Crippen LogP contribution in [0.25, 0.3) is 0 Å². The molecular weight excluding hydrogens is 298 g/mol. The minimum Gasteiger partial charge on any atom is -0.356 e. The van der Waals surface area contributed by atoms with E-state index in [1.54, 1.807) is 6.20 Å². The van der Waals surface area contributed by atoms with Gasteiger partial charge in [0.05, 0.1) is 11.9 Å². The van der Waals surface area contributed by atoms with Gasteiger partial charge in [-0.1, -0.05) is 31.5 Å². The van der Waals surface area contributed by atoms with E-state index in [1.165, 1.54) is 6.42 Å². The normalized spacial score (nSPS) is 20.7. The molecule has 1 aliphatic rings. The first kappa shape index (κ1) is 16.5.